The third kappa shape index (κ3) is 11.7. The zero-order chi connectivity index (χ0) is 49.3. The molecule has 6 aliphatic heterocycles. The number of hydrogen-bond acceptors (Lipinski definition) is 31. The van der Waals surface area contributed by atoms with Gasteiger partial charge < -0.3 is 155 Å². The molecule has 0 saturated carbocycles. The summed E-state index contributed by atoms with van der Waals surface area (Å²) in [5.74, 6) is 0. The first kappa shape index (κ1) is 55.1. The van der Waals surface area contributed by atoms with Gasteiger partial charge in [-0.25, -0.2) is 0 Å². The predicted octanol–water partition coefficient (Wildman–Crippen LogP) is -14.1. The summed E-state index contributed by atoms with van der Waals surface area (Å²) in [5, 5.41) is 198. The van der Waals surface area contributed by atoms with Crippen LogP contribution in [0.3, 0.4) is 0 Å². The van der Waals surface area contributed by atoms with Gasteiger partial charge in [0.15, 0.2) is 37.7 Å². The fourth-order valence-corrected chi connectivity index (χ4v) is 8.23. The van der Waals surface area contributed by atoms with E-state index in [1.165, 1.54) is 0 Å². The second kappa shape index (κ2) is 23.5. The molecular weight excluding hydrogens is 926 g/mol. The lowest BCUT2D eigenvalue weighted by Gasteiger charge is -2.47. The Bertz CT molecular complexity index is 1510. The molecule has 0 aromatic rings. The van der Waals surface area contributed by atoms with Crippen LogP contribution in [0.5, 0.6) is 0 Å². The minimum absolute atomic E-state index is 0.785. The maximum atomic E-state index is 11.4. The number of rotatable bonds is 16. The van der Waals surface area contributed by atoms with E-state index < -0.39 is 224 Å². The van der Waals surface area contributed by atoms with E-state index in [9.17, 15) is 97.0 Å². The topological polar surface area (TPSA) is 512 Å². The molecule has 0 aromatic heterocycles. The summed E-state index contributed by atoms with van der Waals surface area (Å²) in [5.41, 5.74) is 6.01. The summed E-state index contributed by atoms with van der Waals surface area (Å²) in [6, 6.07) is -1.55. The van der Waals surface area contributed by atoms with Crippen molar-refractivity contribution in [1.82, 2.24) is 0 Å². The third-order valence-corrected chi connectivity index (χ3v) is 12.5. The number of aliphatic hydroxyl groups excluding tert-OH is 19. The van der Waals surface area contributed by atoms with Gasteiger partial charge in [0.1, 0.15) is 140 Å². The van der Waals surface area contributed by atoms with Gasteiger partial charge in [-0.1, -0.05) is 0 Å². The fraction of sp³-hybridized carbons (Fsp3) is 1.00. The molecule has 21 N–H and O–H groups in total. The van der Waals surface area contributed by atoms with E-state index in [-0.39, 0.29) is 0 Å². The van der Waals surface area contributed by atoms with Crippen LogP contribution in [0.15, 0.2) is 0 Å². The molecular formula is C36H63NO30. The van der Waals surface area contributed by atoms with Gasteiger partial charge in [0, 0.05) is 0 Å². The van der Waals surface area contributed by atoms with Crippen molar-refractivity contribution in [2.24, 2.45) is 5.73 Å². The van der Waals surface area contributed by atoms with Crippen LogP contribution in [0.1, 0.15) is 0 Å². The lowest BCUT2D eigenvalue weighted by atomic mass is 9.96. The number of nitrogens with two attached hydrogens (primary N) is 1. The minimum Gasteiger partial charge on any atom is -0.394 e. The first-order valence-electron chi connectivity index (χ1n) is 21.2. The summed E-state index contributed by atoms with van der Waals surface area (Å²) in [4.78, 5) is 0. The van der Waals surface area contributed by atoms with Gasteiger partial charge in [0.2, 0.25) is 0 Å². The summed E-state index contributed by atoms with van der Waals surface area (Å²) in [7, 11) is 0. The Morgan fingerprint density at radius 3 is 1.07 bits per heavy atom. The Hall–Kier alpha value is -1.24. The van der Waals surface area contributed by atoms with Gasteiger partial charge in [-0.05, 0) is 0 Å². The largest absolute Gasteiger partial charge is 0.394 e. The highest BCUT2D eigenvalue weighted by molar-refractivity contribution is 4.98. The third-order valence-electron chi connectivity index (χ3n) is 12.5. The van der Waals surface area contributed by atoms with Crippen LogP contribution in [-0.4, -0.2) is 321 Å². The number of ether oxygens (including phenoxy) is 11. The Morgan fingerprint density at radius 1 is 0.299 bits per heavy atom. The van der Waals surface area contributed by atoms with Gasteiger partial charge in [0.25, 0.3) is 0 Å². The zero-order valence-corrected chi connectivity index (χ0v) is 35.1. The van der Waals surface area contributed by atoms with Crippen molar-refractivity contribution < 1.29 is 149 Å². The lowest BCUT2D eigenvalue weighted by Crippen LogP contribution is -2.67. The molecule has 0 aliphatic carbocycles. The van der Waals surface area contributed by atoms with E-state index in [4.69, 9.17) is 57.8 Å². The van der Waals surface area contributed by atoms with Crippen molar-refractivity contribution in [1.29, 1.82) is 0 Å². The molecule has 30 atom stereocenters. The Labute approximate surface area is 378 Å². The monoisotopic (exact) mass is 989 g/mol. The molecule has 0 amide bonds. The normalized spacial score (nSPS) is 53.4. The van der Waals surface area contributed by atoms with Crippen molar-refractivity contribution in [3.8, 4) is 0 Å². The molecule has 67 heavy (non-hydrogen) atoms. The zero-order valence-electron chi connectivity index (χ0n) is 35.1. The van der Waals surface area contributed by atoms with Crippen molar-refractivity contribution >= 4 is 0 Å². The van der Waals surface area contributed by atoms with E-state index in [2.05, 4.69) is 0 Å². The Morgan fingerprint density at radius 2 is 0.612 bits per heavy atom. The van der Waals surface area contributed by atoms with E-state index in [0.717, 1.165) is 0 Å². The maximum Gasteiger partial charge on any atom is 0.187 e. The Kier molecular flexibility index (Phi) is 19.4. The highest BCUT2D eigenvalue weighted by Gasteiger charge is 2.54. The maximum absolute atomic E-state index is 11.4. The van der Waals surface area contributed by atoms with E-state index >= 15 is 0 Å². The summed E-state index contributed by atoms with van der Waals surface area (Å²) in [6.07, 6.45) is -53.0. The fourth-order valence-electron chi connectivity index (χ4n) is 8.23. The first-order chi connectivity index (χ1) is 31.6. The SMILES string of the molecule is N[C@H]1[C@H](O[C@@H]2[C@@H](O)[C@H](OC[C@H]3O[C@@H](OC[C@H]4O[C@@H](O)[C@H](O)[C@@H](O[C@@H]5O[C@H](CO)[C@@H](O)[C@H](O)[C@H]5O)[C@@H]4O)[C@H](O)[C@@H](O)[C@@H]3O)O[C@H](CO[C@@H]3O[C@H](CO)[C@@H](O)[C@H](O)[C@H]3O)[C@H]2O)O[C@H](CO)[C@@H](O)[C@@H]1O. The van der Waals surface area contributed by atoms with Crippen LogP contribution in [0.25, 0.3) is 0 Å². The van der Waals surface area contributed by atoms with Gasteiger partial charge >= 0.3 is 0 Å². The molecule has 6 aliphatic rings. The molecule has 0 bridgehead atoms. The minimum atomic E-state index is -2.11. The Balaban J connectivity index is 1.13. The van der Waals surface area contributed by atoms with Crippen molar-refractivity contribution in [2.45, 2.75) is 184 Å². The van der Waals surface area contributed by atoms with Gasteiger partial charge in [-0.2, -0.15) is 0 Å². The van der Waals surface area contributed by atoms with Crippen LogP contribution in [0.4, 0.5) is 0 Å². The smallest absolute Gasteiger partial charge is 0.187 e. The molecule has 31 nitrogen and oxygen atoms in total. The van der Waals surface area contributed by atoms with E-state index in [1.54, 1.807) is 0 Å². The van der Waals surface area contributed by atoms with Crippen LogP contribution in [0.2, 0.25) is 0 Å². The second-order valence-electron chi connectivity index (χ2n) is 17.0. The second-order valence-corrected chi connectivity index (χ2v) is 17.0. The standard InChI is InChI=1S/C36H63NO30/c37-13-20(47)14(41)7(1-38)61-32(13)66-30-19(46)12(6-58-33-24(51)21(48)15(42)8(2-39)62-33)65-35(28(30)55)59-4-10-17(44)23(50)25(52)34(64-10)57-5-11-18(45)29(27(54)31(56)60-11)67-36-26(53)22(49)16(43)9(3-40)63-36/h7-36,38-56H,1-6,37H2/t7-,8-,9-,10-,11-,12-,13-,14-,15-,16-,17-,18-,19-,20-,21+,22+,23+,24-,25-,26-,27-,28-,29+,30+,31-,32+,33-,34-,35-,36+/m1/s1. The quantitative estimate of drug-likeness (QED) is 0.0683. The molecule has 6 heterocycles. The van der Waals surface area contributed by atoms with E-state index in [1.807, 2.05) is 0 Å². The van der Waals surface area contributed by atoms with Crippen LogP contribution in [-0.2, 0) is 52.1 Å². The molecule has 6 fully saturated rings. The highest BCUT2D eigenvalue weighted by atomic mass is 16.8. The first-order valence-corrected chi connectivity index (χ1v) is 21.2. The average Bonchev–Trinajstić information content (AvgIpc) is 3.31. The molecule has 0 radical (unpaired) electrons. The molecule has 0 unspecified atom stereocenters. The summed E-state index contributed by atoms with van der Waals surface area (Å²) >= 11 is 0. The van der Waals surface area contributed by atoms with Crippen molar-refractivity contribution in [2.75, 3.05) is 39.6 Å². The highest BCUT2D eigenvalue weighted by Crippen LogP contribution is 2.33. The van der Waals surface area contributed by atoms with Gasteiger partial charge in [0.05, 0.1) is 45.7 Å². The lowest BCUT2D eigenvalue weighted by molar-refractivity contribution is -0.367. The average molecular weight is 990 g/mol. The van der Waals surface area contributed by atoms with Crippen LogP contribution < -0.4 is 5.73 Å². The molecule has 31 heteroatoms. The number of hydrogen-bond donors (Lipinski definition) is 20. The van der Waals surface area contributed by atoms with Gasteiger partial charge in [-0.3, -0.25) is 0 Å². The van der Waals surface area contributed by atoms with Crippen molar-refractivity contribution in [3.63, 3.8) is 0 Å². The van der Waals surface area contributed by atoms with Crippen LogP contribution in [0, 0.1) is 0 Å². The van der Waals surface area contributed by atoms with Gasteiger partial charge in [-0.15, -0.1) is 0 Å². The molecule has 6 rings (SSSR count). The molecule has 6 saturated heterocycles. The summed E-state index contributed by atoms with van der Waals surface area (Å²) < 4.78 is 60.7. The van der Waals surface area contributed by atoms with E-state index in [0.29, 0.717) is 0 Å². The summed E-state index contributed by atoms with van der Waals surface area (Å²) in [6.45, 7) is -4.96. The molecule has 0 spiro atoms. The molecule has 0 aromatic carbocycles. The number of aliphatic hydroxyl groups is 19. The van der Waals surface area contributed by atoms with Crippen molar-refractivity contribution in [3.05, 3.63) is 0 Å². The molecule has 392 valence electrons. The predicted molar refractivity (Wildman–Crippen MR) is 201 cm³/mol. The van der Waals surface area contributed by atoms with Crippen LogP contribution >= 0.6 is 0 Å².